The molecule has 9 heavy (non-hydrogen) atoms. The van der Waals surface area contributed by atoms with Crippen LogP contribution in [0.4, 0.5) is 0 Å². The third kappa shape index (κ3) is 1.60. The summed E-state index contributed by atoms with van der Waals surface area (Å²) in [5, 5.41) is 4.56. The summed E-state index contributed by atoms with van der Waals surface area (Å²) < 4.78 is 4.93. The molecule has 0 aromatic rings. The molecule has 0 N–H and O–H groups in total. The van der Waals surface area contributed by atoms with E-state index in [-0.39, 0.29) is 0 Å². The molecule has 0 spiro atoms. The summed E-state index contributed by atoms with van der Waals surface area (Å²) in [4.78, 5) is 0. The number of methoxy groups -OCH3 is 1. The number of rotatable bonds is 1. The predicted molar refractivity (Wildman–Crippen MR) is 44.1 cm³/mol. The van der Waals surface area contributed by atoms with Crippen LogP contribution in [-0.4, -0.2) is 12.5 Å². The molecule has 0 fully saturated rings. The van der Waals surface area contributed by atoms with Gasteiger partial charge in [0.1, 0.15) is 5.76 Å². The maximum absolute atomic E-state index is 5.72. The lowest BCUT2D eigenvalue weighted by atomic mass is 10.4. The molecule has 0 amide bonds. The molecule has 1 rings (SSSR count). The first kappa shape index (κ1) is 6.90. The van der Waals surface area contributed by atoms with Crippen molar-refractivity contribution >= 4 is 28.3 Å². The van der Waals surface area contributed by atoms with Gasteiger partial charge < -0.3 is 4.74 Å². The third-order valence-electron chi connectivity index (χ3n) is 0.955. The van der Waals surface area contributed by atoms with Gasteiger partial charge in [0.2, 0.25) is 0 Å². The van der Waals surface area contributed by atoms with Gasteiger partial charge in [-0.3, -0.25) is 0 Å². The standard InChI is InChI=1S/C6H7ClOS/c1-8-6-2-3-9-4-5(6)7/h2-4,9H,1H3. The molecule has 50 valence electrons. The Kier molecular flexibility index (Phi) is 2.37. The zero-order valence-electron chi connectivity index (χ0n) is 4.97. The van der Waals surface area contributed by atoms with E-state index in [2.05, 4.69) is 0 Å². The summed E-state index contributed by atoms with van der Waals surface area (Å²) in [5.74, 6) is 0.746. The van der Waals surface area contributed by atoms with E-state index >= 15 is 0 Å². The molecule has 1 aliphatic heterocycles. The molecule has 1 nitrogen and oxygen atoms in total. The average Bonchev–Trinajstić information content (AvgIpc) is 1.89. The van der Waals surface area contributed by atoms with E-state index in [9.17, 15) is 0 Å². The number of hydrogen-bond donors (Lipinski definition) is 1. The molecule has 0 radical (unpaired) electrons. The monoisotopic (exact) mass is 162 g/mol. The van der Waals surface area contributed by atoms with Crippen LogP contribution >= 0.6 is 23.0 Å². The first-order valence-electron chi connectivity index (χ1n) is 2.48. The van der Waals surface area contributed by atoms with Crippen molar-refractivity contribution in [2.24, 2.45) is 0 Å². The highest BCUT2D eigenvalue weighted by molar-refractivity contribution is 8.00. The Labute approximate surface area is 62.9 Å². The second kappa shape index (κ2) is 3.08. The second-order valence-electron chi connectivity index (χ2n) is 1.51. The number of hydrogen-bond acceptors (Lipinski definition) is 1. The van der Waals surface area contributed by atoms with E-state index in [1.165, 1.54) is 0 Å². The van der Waals surface area contributed by atoms with E-state index in [1.54, 1.807) is 7.11 Å². The van der Waals surface area contributed by atoms with E-state index in [0.29, 0.717) is 5.03 Å². The molecule has 0 unspecified atom stereocenters. The van der Waals surface area contributed by atoms with Gasteiger partial charge in [-0.15, -0.1) is 0 Å². The third-order valence-corrected chi connectivity index (χ3v) is 2.13. The Hall–Kier alpha value is -0.210. The quantitative estimate of drug-likeness (QED) is 0.458. The van der Waals surface area contributed by atoms with Crippen LogP contribution in [0.15, 0.2) is 22.3 Å². The summed E-state index contributed by atoms with van der Waals surface area (Å²) in [6, 6.07) is 0. The maximum atomic E-state index is 5.72. The fourth-order valence-corrected chi connectivity index (χ4v) is 1.40. The smallest absolute Gasteiger partial charge is 0.138 e. The highest BCUT2D eigenvalue weighted by atomic mass is 35.5. The largest absolute Gasteiger partial charge is 0.495 e. The van der Waals surface area contributed by atoms with Crippen LogP contribution < -0.4 is 0 Å². The summed E-state index contributed by atoms with van der Waals surface area (Å²) in [6.45, 7) is 0. The lowest BCUT2D eigenvalue weighted by Crippen LogP contribution is -1.88. The Bertz CT molecular complexity index is 193. The van der Waals surface area contributed by atoms with Crippen molar-refractivity contribution in [2.45, 2.75) is 0 Å². The minimum Gasteiger partial charge on any atom is -0.495 e. The van der Waals surface area contributed by atoms with E-state index in [0.717, 1.165) is 17.1 Å². The summed E-state index contributed by atoms with van der Waals surface area (Å²) in [5.41, 5.74) is 0. The number of thiol groups is 1. The summed E-state index contributed by atoms with van der Waals surface area (Å²) >= 11 is 6.84. The molecule has 0 aromatic heterocycles. The molecule has 0 atom stereocenters. The zero-order chi connectivity index (χ0) is 6.69. The lowest BCUT2D eigenvalue weighted by Gasteiger charge is -2.04. The fourth-order valence-electron chi connectivity index (χ4n) is 0.528. The predicted octanol–water partition coefficient (Wildman–Crippen LogP) is 1.88. The van der Waals surface area contributed by atoms with Crippen molar-refractivity contribution < 1.29 is 4.74 Å². The normalized spacial score (nSPS) is 17.6. The van der Waals surface area contributed by atoms with Gasteiger partial charge in [0.25, 0.3) is 0 Å². The molecular formula is C6H7ClOS. The second-order valence-corrected chi connectivity index (χ2v) is 2.77. The van der Waals surface area contributed by atoms with Crippen molar-refractivity contribution in [1.82, 2.24) is 0 Å². The highest BCUT2D eigenvalue weighted by Gasteiger charge is 2.00. The van der Waals surface area contributed by atoms with Crippen LogP contribution in [0.2, 0.25) is 0 Å². The Balaban J connectivity index is 2.83. The van der Waals surface area contributed by atoms with Crippen LogP contribution in [0.3, 0.4) is 0 Å². The molecule has 1 aliphatic rings. The SMILES string of the molecule is COC1=CC=[SH]C=C1Cl. The van der Waals surface area contributed by atoms with Gasteiger partial charge in [-0.05, 0) is 16.9 Å². The minimum absolute atomic E-state index is 0.696. The summed E-state index contributed by atoms with van der Waals surface area (Å²) in [7, 11) is 1.61. The Morgan fingerprint density at radius 1 is 1.67 bits per heavy atom. The summed E-state index contributed by atoms with van der Waals surface area (Å²) in [6.07, 6.45) is 1.86. The van der Waals surface area contributed by atoms with E-state index < -0.39 is 0 Å². The van der Waals surface area contributed by atoms with Crippen LogP contribution in [0, 0.1) is 0 Å². The first-order valence-corrected chi connectivity index (χ1v) is 3.89. The van der Waals surface area contributed by atoms with Gasteiger partial charge >= 0.3 is 0 Å². The van der Waals surface area contributed by atoms with Gasteiger partial charge in [0.05, 0.1) is 12.1 Å². The highest BCUT2D eigenvalue weighted by Crippen LogP contribution is 2.19. The van der Waals surface area contributed by atoms with Gasteiger partial charge in [-0.2, -0.15) is 11.4 Å². The van der Waals surface area contributed by atoms with Crippen LogP contribution in [-0.2, 0) is 4.74 Å². The molecule has 3 heteroatoms. The van der Waals surface area contributed by atoms with Gasteiger partial charge in [0.15, 0.2) is 0 Å². The zero-order valence-corrected chi connectivity index (χ0v) is 6.62. The molecule has 0 saturated carbocycles. The molecule has 0 aromatic carbocycles. The maximum Gasteiger partial charge on any atom is 0.138 e. The van der Waals surface area contributed by atoms with Crippen molar-refractivity contribution in [1.29, 1.82) is 0 Å². The Morgan fingerprint density at radius 2 is 2.44 bits per heavy atom. The number of ether oxygens (including phenoxy) is 1. The molecule has 0 aliphatic carbocycles. The van der Waals surface area contributed by atoms with E-state index in [1.807, 2.05) is 16.9 Å². The van der Waals surface area contributed by atoms with E-state index in [4.69, 9.17) is 16.3 Å². The van der Waals surface area contributed by atoms with Crippen molar-refractivity contribution in [2.75, 3.05) is 7.11 Å². The topological polar surface area (TPSA) is 9.23 Å². The Morgan fingerprint density at radius 3 is 2.89 bits per heavy atom. The molecule has 0 bridgehead atoms. The van der Waals surface area contributed by atoms with Crippen LogP contribution in [0.5, 0.6) is 0 Å². The van der Waals surface area contributed by atoms with Gasteiger partial charge in [-0.1, -0.05) is 11.6 Å². The van der Waals surface area contributed by atoms with Crippen molar-refractivity contribution in [3.8, 4) is 0 Å². The number of halogens is 1. The van der Waals surface area contributed by atoms with Crippen LogP contribution in [0.25, 0.3) is 0 Å². The lowest BCUT2D eigenvalue weighted by molar-refractivity contribution is 0.305. The fraction of sp³-hybridized carbons (Fsp3) is 0.167. The minimum atomic E-state index is 0.696. The van der Waals surface area contributed by atoms with Crippen molar-refractivity contribution in [3.05, 3.63) is 22.3 Å². The molecule has 0 saturated heterocycles. The van der Waals surface area contributed by atoms with Gasteiger partial charge in [-0.25, -0.2) is 0 Å². The van der Waals surface area contributed by atoms with Crippen molar-refractivity contribution in [3.63, 3.8) is 0 Å². The molecule has 1 heterocycles. The molecular weight excluding hydrogens is 156 g/mol. The van der Waals surface area contributed by atoms with Gasteiger partial charge in [0, 0.05) is 0 Å². The first-order chi connectivity index (χ1) is 4.34. The average molecular weight is 163 g/mol. The number of allylic oxidation sites excluding steroid dienone is 2. The van der Waals surface area contributed by atoms with Crippen LogP contribution in [0.1, 0.15) is 0 Å².